The van der Waals surface area contributed by atoms with E-state index in [-0.39, 0.29) is 75.9 Å². The van der Waals surface area contributed by atoms with Gasteiger partial charge in [-0.3, -0.25) is 15.0 Å². The number of aromatic nitrogens is 1. The van der Waals surface area contributed by atoms with Crippen molar-refractivity contribution < 1.29 is 52.0 Å². The van der Waals surface area contributed by atoms with Gasteiger partial charge in [0.1, 0.15) is 22.0 Å². The molecule has 0 spiro atoms. The van der Waals surface area contributed by atoms with Crippen molar-refractivity contribution >= 4 is 41.0 Å². The topological polar surface area (TPSA) is 115 Å². The smallest absolute Gasteiger partial charge is 0.415 e. The Morgan fingerprint density at radius 2 is 1.71 bits per heavy atom. The van der Waals surface area contributed by atoms with E-state index in [4.69, 9.17) is 37.4 Å². The average molecular weight is 801 g/mol. The van der Waals surface area contributed by atoms with Crippen molar-refractivity contribution in [1.29, 1.82) is 0 Å². The van der Waals surface area contributed by atoms with Crippen LogP contribution in [0.15, 0.2) is 73.1 Å². The Morgan fingerprint density at radius 3 is 2.35 bits per heavy atom. The van der Waals surface area contributed by atoms with E-state index < -0.39 is 30.4 Å². The number of carboxylic acid groups (broad SMARTS) is 1. The third-order valence-electron chi connectivity index (χ3n) is 10.5. The number of carbonyl (C=O) groups is 2. The van der Waals surface area contributed by atoms with Crippen LogP contribution in [-0.4, -0.2) is 61.1 Å². The van der Waals surface area contributed by atoms with Crippen molar-refractivity contribution in [3.63, 3.8) is 0 Å². The molecule has 1 N–H and O–H groups in total. The first-order valence-corrected chi connectivity index (χ1v) is 18.8. The lowest BCUT2D eigenvalue weighted by Gasteiger charge is -2.44. The van der Waals surface area contributed by atoms with Crippen molar-refractivity contribution in [2.45, 2.75) is 57.3 Å². The summed E-state index contributed by atoms with van der Waals surface area (Å²) in [5, 5.41) is 22.9. The molecule has 0 unspecified atom stereocenters. The van der Waals surface area contributed by atoms with Gasteiger partial charge in [-0.25, -0.2) is 9.18 Å². The molecule has 3 saturated heterocycles. The van der Waals surface area contributed by atoms with E-state index in [9.17, 15) is 28.7 Å². The maximum Gasteiger partial charge on any atom is 0.415 e. The summed E-state index contributed by atoms with van der Waals surface area (Å²) in [6, 6.07) is 14.5. The van der Waals surface area contributed by atoms with Crippen molar-refractivity contribution in [1.82, 2.24) is 4.90 Å². The van der Waals surface area contributed by atoms with E-state index in [2.05, 4.69) is 4.90 Å². The lowest BCUT2D eigenvalue weighted by molar-refractivity contribution is -0.904. The molecule has 1 saturated carbocycles. The molecule has 1 amide bonds. The fourth-order valence-electron chi connectivity index (χ4n) is 7.41. The van der Waals surface area contributed by atoms with Crippen LogP contribution in [0.3, 0.4) is 0 Å². The van der Waals surface area contributed by atoms with Gasteiger partial charge < -0.3 is 24.1 Å². The van der Waals surface area contributed by atoms with Crippen molar-refractivity contribution in [3.05, 3.63) is 117 Å². The Kier molecular flexibility index (Phi) is 11.6. The fourth-order valence-corrected chi connectivity index (χ4v) is 8.02. The molecule has 4 heterocycles. The molecule has 10 nitrogen and oxygen atoms in total. The number of carboxylic acids is 1. The standard InChI is InChI=1S/C40H38Cl2F3N3O7/c41-31-19-47(52)20-32(42)30(31)17-28(26-8-10-35(54-39(44)45)36(16-26)53-22-23-5-6-23)29-15-24(7-9-27(29)38(49)50)18-48(34-4-2-1-3-33(34)43)40(51)55-37-21-46-13-11-25(37)12-14-46/h1-4,7-10,15-16,19-20,23,25,28,37,39H,5-6,11-14,17-18,21-22H2,(H-,49,50,52)/t28-,37-/m0/s1. The van der Waals surface area contributed by atoms with E-state index in [1.165, 1.54) is 65.8 Å². The number of hydrogen-bond acceptors (Lipinski definition) is 8. The van der Waals surface area contributed by atoms with E-state index in [0.29, 0.717) is 28.0 Å². The summed E-state index contributed by atoms with van der Waals surface area (Å²) in [6.07, 6.45) is 4.92. The second kappa shape index (κ2) is 16.6. The van der Waals surface area contributed by atoms with Gasteiger partial charge in [0.05, 0.1) is 24.8 Å². The molecule has 2 atom stereocenters. The number of amides is 1. The minimum atomic E-state index is -3.13. The van der Waals surface area contributed by atoms with Crippen molar-refractivity contribution in [2.24, 2.45) is 11.8 Å². The number of alkyl halides is 2. The zero-order chi connectivity index (χ0) is 38.8. The van der Waals surface area contributed by atoms with Crippen LogP contribution in [0.4, 0.5) is 23.7 Å². The van der Waals surface area contributed by atoms with Gasteiger partial charge in [0, 0.05) is 28.3 Å². The Labute approximate surface area is 325 Å². The number of halogens is 5. The summed E-state index contributed by atoms with van der Waals surface area (Å²) in [4.78, 5) is 30.1. The van der Waals surface area contributed by atoms with Crippen LogP contribution >= 0.6 is 23.2 Å². The number of benzene rings is 3. The van der Waals surface area contributed by atoms with Gasteiger partial charge in [0.25, 0.3) is 0 Å². The first-order valence-electron chi connectivity index (χ1n) is 18.0. The fraction of sp³-hybridized carbons (Fsp3) is 0.375. The minimum Gasteiger partial charge on any atom is -0.545 e. The molecule has 4 aliphatic rings. The van der Waals surface area contributed by atoms with Crippen molar-refractivity contribution in [3.8, 4) is 11.5 Å². The molecule has 8 rings (SSSR count). The second-order valence-electron chi connectivity index (χ2n) is 14.2. The molecule has 3 aromatic carbocycles. The monoisotopic (exact) mass is 799 g/mol. The van der Waals surface area contributed by atoms with Crippen LogP contribution in [0.2, 0.25) is 10.0 Å². The molecule has 3 aliphatic heterocycles. The summed E-state index contributed by atoms with van der Waals surface area (Å²) >= 11 is 13.1. The summed E-state index contributed by atoms with van der Waals surface area (Å²) in [5.74, 6) is -2.78. The van der Waals surface area contributed by atoms with Crippen LogP contribution in [0, 0.1) is 17.7 Å². The van der Waals surface area contributed by atoms with Gasteiger partial charge >= 0.3 is 12.7 Å². The first kappa shape index (κ1) is 38.6. The number of aromatic carboxylic acids is 1. The van der Waals surface area contributed by atoms with Crippen LogP contribution < -0.4 is 24.2 Å². The zero-order valence-corrected chi connectivity index (χ0v) is 31.0. The van der Waals surface area contributed by atoms with E-state index in [0.717, 1.165) is 38.8 Å². The number of pyridine rings is 1. The summed E-state index contributed by atoms with van der Waals surface area (Å²) < 4.78 is 59.7. The first-order chi connectivity index (χ1) is 26.4. The van der Waals surface area contributed by atoms with Gasteiger partial charge in [0.15, 0.2) is 11.5 Å². The number of carbonyl (C=O) groups excluding carboxylic acids is 2. The number of anilines is 1. The SMILES string of the molecule is O=C([O-])c1ccc(CN(C(=O)O[C@H]2CN3CCC2CC3)c2ccccc2F)cc1[C@@H](Cc1c(Cl)c[n+](O)cc1Cl)c1ccc(OC(F)F)c(OCC2CC2)c1. The Balaban J connectivity index is 1.30. The molecular weight excluding hydrogens is 762 g/mol. The number of nitrogens with zero attached hydrogens (tertiary/aromatic N) is 3. The third-order valence-corrected chi connectivity index (χ3v) is 11.1. The lowest BCUT2D eigenvalue weighted by Crippen LogP contribution is -2.53. The number of piperidine rings is 3. The van der Waals surface area contributed by atoms with Gasteiger partial charge in [0.2, 0.25) is 12.4 Å². The quantitative estimate of drug-likeness (QED) is 0.107. The highest BCUT2D eigenvalue weighted by molar-refractivity contribution is 6.35. The molecule has 0 radical (unpaired) electrons. The predicted octanol–water partition coefficient (Wildman–Crippen LogP) is 7.02. The third kappa shape index (κ3) is 9.06. The van der Waals surface area contributed by atoms with Gasteiger partial charge in [-0.1, -0.05) is 59.6 Å². The highest BCUT2D eigenvalue weighted by atomic mass is 35.5. The maximum atomic E-state index is 15.4. The number of hydrogen-bond donors (Lipinski definition) is 1. The van der Waals surface area contributed by atoms with Crippen LogP contribution in [0.5, 0.6) is 11.5 Å². The number of fused-ring (bicyclic) bond motifs is 3. The summed E-state index contributed by atoms with van der Waals surface area (Å²) in [5.41, 5.74) is 1.14. The van der Waals surface area contributed by atoms with Crippen LogP contribution in [0.1, 0.15) is 64.2 Å². The molecule has 4 aromatic rings. The van der Waals surface area contributed by atoms with Crippen molar-refractivity contribution in [2.75, 3.05) is 31.1 Å². The minimum absolute atomic E-state index is 0.0249. The molecule has 55 heavy (non-hydrogen) atoms. The molecular formula is C40H38Cl2F3N3O7. The normalized spacial score (nSPS) is 19.6. The summed E-state index contributed by atoms with van der Waals surface area (Å²) in [7, 11) is 0. The number of para-hydroxylation sites is 1. The molecule has 2 bridgehead atoms. The second-order valence-corrected chi connectivity index (χ2v) is 15.0. The molecule has 15 heteroatoms. The van der Waals surface area contributed by atoms with E-state index in [1.54, 1.807) is 12.1 Å². The molecule has 290 valence electrons. The summed E-state index contributed by atoms with van der Waals surface area (Å²) in [6.45, 7) is -0.625. The Morgan fingerprint density at radius 1 is 0.982 bits per heavy atom. The van der Waals surface area contributed by atoms with Crippen LogP contribution in [-0.2, 0) is 17.7 Å². The average Bonchev–Trinajstić information content (AvgIpc) is 3.98. The number of rotatable bonds is 14. The Bertz CT molecular complexity index is 2040. The predicted molar refractivity (Wildman–Crippen MR) is 193 cm³/mol. The largest absolute Gasteiger partial charge is 0.545 e. The lowest BCUT2D eigenvalue weighted by atomic mass is 9.82. The highest BCUT2D eigenvalue weighted by Gasteiger charge is 2.38. The zero-order valence-electron chi connectivity index (χ0n) is 29.5. The Hall–Kier alpha value is -4.72. The van der Waals surface area contributed by atoms with Crippen LogP contribution in [0.25, 0.3) is 0 Å². The van der Waals surface area contributed by atoms with Gasteiger partial charge in [-0.05, 0) is 98.0 Å². The molecule has 1 aliphatic carbocycles. The van der Waals surface area contributed by atoms with E-state index in [1.807, 2.05) is 0 Å². The van der Waals surface area contributed by atoms with E-state index >= 15 is 4.39 Å². The highest BCUT2D eigenvalue weighted by Crippen LogP contribution is 2.41. The molecule has 1 aromatic heterocycles. The number of ether oxygens (including phenoxy) is 3. The maximum absolute atomic E-state index is 15.4. The molecule has 4 fully saturated rings. The van der Waals surface area contributed by atoms with Gasteiger partial charge in [-0.15, -0.1) is 0 Å². The van der Waals surface area contributed by atoms with Gasteiger partial charge in [-0.2, -0.15) is 8.78 Å².